The summed E-state index contributed by atoms with van der Waals surface area (Å²) in [6.45, 7) is 6.01. The summed E-state index contributed by atoms with van der Waals surface area (Å²) in [5, 5.41) is 5.01. The van der Waals surface area contributed by atoms with Crippen molar-refractivity contribution in [1.29, 1.82) is 0 Å². The maximum Gasteiger partial charge on any atom is 0.169 e. The van der Waals surface area contributed by atoms with Crippen molar-refractivity contribution in [3.8, 4) is 0 Å². The average Bonchev–Trinajstić information content (AvgIpc) is 2.21. The highest BCUT2D eigenvalue weighted by atomic mass is 15.4. The topological polar surface area (TPSA) is 67.6 Å². The molecule has 0 amide bonds. The Hall–Kier alpha value is -1.55. The Morgan fingerprint density at radius 2 is 1.93 bits per heavy atom. The minimum atomic E-state index is 0.573. The van der Waals surface area contributed by atoms with Crippen molar-refractivity contribution in [3.05, 3.63) is 35.4 Å². The zero-order valence-corrected chi connectivity index (χ0v) is 9.86. The molecule has 0 aliphatic heterocycles. The van der Waals surface area contributed by atoms with Gasteiger partial charge in [0, 0.05) is 12.6 Å². The lowest BCUT2D eigenvalue weighted by Gasteiger charge is -2.14. The van der Waals surface area contributed by atoms with E-state index in [0.29, 0.717) is 5.84 Å². The number of hydrogen-bond donors (Lipinski definition) is 2. The second-order valence-electron chi connectivity index (χ2n) is 2.93. The molecule has 0 saturated carbocycles. The molecule has 0 aromatic heterocycles. The molecule has 0 fully saturated rings. The van der Waals surface area contributed by atoms with Crippen molar-refractivity contribution in [2.45, 2.75) is 20.8 Å². The van der Waals surface area contributed by atoms with E-state index in [4.69, 9.17) is 11.7 Å². The summed E-state index contributed by atoms with van der Waals surface area (Å²) >= 11 is 0. The van der Waals surface area contributed by atoms with Crippen LogP contribution in [0.4, 0.5) is 0 Å². The van der Waals surface area contributed by atoms with Crippen LogP contribution in [0.2, 0.25) is 0 Å². The summed E-state index contributed by atoms with van der Waals surface area (Å²) in [5.74, 6) is 11.3. The van der Waals surface area contributed by atoms with E-state index in [1.165, 1.54) is 5.01 Å². The van der Waals surface area contributed by atoms with E-state index in [1.807, 2.05) is 45.0 Å². The zero-order valence-electron chi connectivity index (χ0n) is 9.86. The Morgan fingerprint density at radius 3 is 2.33 bits per heavy atom. The standard InChI is InChI=1S/C9H14N4.C2H6/c1-7-4-3-5-8(6-7)9(12-10)13(2)11;1-2/h3-6H,10-11H2,1-2H3;1-2H3/b12-9-;. The van der Waals surface area contributed by atoms with Gasteiger partial charge in [0.15, 0.2) is 5.84 Å². The second kappa shape index (κ2) is 6.84. The fourth-order valence-corrected chi connectivity index (χ4v) is 1.15. The van der Waals surface area contributed by atoms with Gasteiger partial charge in [-0.1, -0.05) is 37.6 Å². The highest BCUT2D eigenvalue weighted by molar-refractivity contribution is 5.98. The van der Waals surface area contributed by atoms with Crippen LogP contribution in [0.5, 0.6) is 0 Å². The molecule has 0 saturated heterocycles. The van der Waals surface area contributed by atoms with Gasteiger partial charge in [0.25, 0.3) is 0 Å². The molecule has 84 valence electrons. The van der Waals surface area contributed by atoms with E-state index < -0.39 is 0 Å². The van der Waals surface area contributed by atoms with Gasteiger partial charge >= 0.3 is 0 Å². The molecule has 1 rings (SSSR count). The second-order valence-corrected chi connectivity index (χ2v) is 2.93. The van der Waals surface area contributed by atoms with Crippen LogP contribution in [0.3, 0.4) is 0 Å². The molecule has 1 aromatic carbocycles. The third kappa shape index (κ3) is 3.99. The largest absolute Gasteiger partial charge is 0.321 e. The summed E-state index contributed by atoms with van der Waals surface area (Å²) < 4.78 is 0. The summed E-state index contributed by atoms with van der Waals surface area (Å²) in [7, 11) is 1.70. The van der Waals surface area contributed by atoms with Crippen LogP contribution < -0.4 is 11.7 Å². The van der Waals surface area contributed by atoms with E-state index in [9.17, 15) is 0 Å². The third-order valence-electron chi connectivity index (χ3n) is 1.73. The van der Waals surface area contributed by atoms with Gasteiger partial charge in [0.1, 0.15) is 0 Å². The number of nitrogens with zero attached hydrogens (tertiary/aromatic N) is 2. The number of hydrogen-bond acceptors (Lipinski definition) is 3. The summed E-state index contributed by atoms with van der Waals surface area (Å²) in [5.41, 5.74) is 2.08. The van der Waals surface area contributed by atoms with Crippen LogP contribution in [-0.2, 0) is 0 Å². The predicted molar refractivity (Wildman–Crippen MR) is 65.2 cm³/mol. The van der Waals surface area contributed by atoms with Gasteiger partial charge in [-0.15, -0.1) is 0 Å². The maximum atomic E-state index is 5.55. The number of benzene rings is 1. The Labute approximate surface area is 91.5 Å². The first kappa shape index (κ1) is 13.4. The quantitative estimate of drug-likeness (QED) is 0.318. The lowest BCUT2D eigenvalue weighted by molar-refractivity contribution is 0.537. The molecule has 0 aliphatic carbocycles. The molecule has 0 aliphatic rings. The summed E-state index contributed by atoms with van der Waals surface area (Å²) in [6.07, 6.45) is 0. The number of amidine groups is 1. The first-order valence-corrected chi connectivity index (χ1v) is 4.98. The van der Waals surface area contributed by atoms with E-state index in [2.05, 4.69) is 5.10 Å². The van der Waals surface area contributed by atoms with Crippen molar-refractivity contribution >= 4 is 5.84 Å². The number of nitrogens with two attached hydrogens (primary N) is 2. The highest BCUT2D eigenvalue weighted by Crippen LogP contribution is 2.05. The van der Waals surface area contributed by atoms with Crippen LogP contribution in [0, 0.1) is 6.92 Å². The minimum absolute atomic E-state index is 0.573. The number of hydrazone groups is 1. The van der Waals surface area contributed by atoms with E-state index in [-0.39, 0.29) is 0 Å². The smallest absolute Gasteiger partial charge is 0.169 e. The first-order valence-electron chi connectivity index (χ1n) is 4.98. The van der Waals surface area contributed by atoms with Crippen molar-refractivity contribution in [2.24, 2.45) is 16.8 Å². The molecule has 4 heteroatoms. The molecule has 0 spiro atoms. The Balaban J connectivity index is 0.000000921. The normalized spacial score (nSPS) is 10.3. The fraction of sp³-hybridized carbons (Fsp3) is 0.364. The predicted octanol–water partition coefficient (Wildman–Crippen LogP) is 1.45. The van der Waals surface area contributed by atoms with Crippen LogP contribution in [0.1, 0.15) is 25.0 Å². The molecular weight excluding hydrogens is 188 g/mol. The molecular formula is C11H20N4. The Bertz CT molecular complexity index is 318. The van der Waals surface area contributed by atoms with Crippen LogP contribution in [-0.4, -0.2) is 17.9 Å². The zero-order chi connectivity index (χ0) is 11.8. The van der Waals surface area contributed by atoms with Gasteiger partial charge < -0.3 is 5.84 Å². The number of aryl methyl sites for hydroxylation is 1. The van der Waals surface area contributed by atoms with Gasteiger partial charge in [-0.05, 0) is 13.0 Å². The molecule has 0 heterocycles. The SMILES string of the molecule is CC.Cc1cccc(/C(=N/N)N(C)N)c1. The van der Waals surface area contributed by atoms with Gasteiger partial charge in [0.2, 0.25) is 0 Å². The van der Waals surface area contributed by atoms with E-state index >= 15 is 0 Å². The molecule has 0 atom stereocenters. The highest BCUT2D eigenvalue weighted by Gasteiger charge is 2.05. The Morgan fingerprint density at radius 1 is 1.33 bits per heavy atom. The molecule has 4 N–H and O–H groups in total. The molecule has 0 unspecified atom stereocenters. The van der Waals surface area contributed by atoms with Crippen molar-refractivity contribution < 1.29 is 0 Å². The number of hydrazine groups is 1. The van der Waals surface area contributed by atoms with Crippen molar-refractivity contribution in [3.63, 3.8) is 0 Å². The third-order valence-corrected chi connectivity index (χ3v) is 1.73. The molecule has 15 heavy (non-hydrogen) atoms. The van der Waals surface area contributed by atoms with E-state index in [1.54, 1.807) is 7.05 Å². The summed E-state index contributed by atoms with van der Waals surface area (Å²) in [4.78, 5) is 0. The molecule has 4 nitrogen and oxygen atoms in total. The maximum absolute atomic E-state index is 5.55. The minimum Gasteiger partial charge on any atom is -0.321 e. The van der Waals surface area contributed by atoms with E-state index in [0.717, 1.165) is 11.1 Å². The fourth-order valence-electron chi connectivity index (χ4n) is 1.15. The molecule has 1 aromatic rings. The lowest BCUT2D eigenvalue weighted by atomic mass is 10.1. The van der Waals surface area contributed by atoms with Gasteiger partial charge in [-0.25, -0.2) is 5.84 Å². The monoisotopic (exact) mass is 208 g/mol. The Kier molecular flexibility index (Phi) is 6.13. The molecule has 0 radical (unpaired) electrons. The number of rotatable bonds is 1. The van der Waals surface area contributed by atoms with Gasteiger partial charge in [0.05, 0.1) is 0 Å². The lowest BCUT2D eigenvalue weighted by Crippen LogP contribution is -2.34. The van der Waals surface area contributed by atoms with Crippen molar-refractivity contribution in [2.75, 3.05) is 7.05 Å². The summed E-state index contributed by atoms with van der Waals surface area (Å²) in [6, 6.07) is 7.85. The van der Waals surface area contributed by atoms with Gasteiger partial charge in [-0.2, -0.15) is 5.10 Å². The van der Waals surface area contributed by atoms with Gasteiger partial charge in [-0.3, -0.25) is 5.01 Å². The first-order chi connectivity index (χ1) is 7.15. The van der Waals surface area contributed by atoms with Crippen LogP contribution in [0.25, 0.3) is 0 Å². The van der Waals surface area contributed by atoms with Crippen LogP contribution in [0.15, 0.2) is 29.4 Å². The van der Waals surface area contributed by atoms with Crippen LogP contribution >= 0.6 is 0 Å². The van der Waals surface area contributed by atoms with Crippen molar-refractivity contribution in [1.82, 2.24) is 5.01 Å². The molecule has 0 bridgehead atoms. The average molecular weight is 208 g/mol.